The van der Waals surface area contributed by atoms with Crippen molar-refractivity contribution >= 4 is 22.7 Å². The fraction of sp³-hybridized carbons (Fsp3) is 0.500. The highest BCUT2D eigenvalue weighted by molar-refractivity contribution is 5.95. The highest BCUT2D eigenvalue weighted by Gasteiger charge is 2.35. The van der Waals surface area contributed by atoms with E-state index in [0.717, 1.165) is 22.2 Å². The van der Waals surface area contributed by atoms with Crippen LogP contribution in [0.3, 0.4) is 0 Å². The van der Waals surface area contributed by atoms with E-state index in [0.29, 0.717) is 19.5 Å². The topological polar surface area (TPSA) is 65.2 Å². The quantitative estimate of drug-likeness (QED) is 0.901. The molecule has 1 fully saturated rings. The lowest BCUT2D eigenvalue weighted by molar-refractivity contribution is -0.144. The summed E-state index contributed by atoms with van der Waals surface area (Å²) in [6.45, 7) is 11.2. The maximum atomic E-state index is 13.1. The molecule has 5 heteroatoms. The third-order valence-corrected chi connectivity index (χ3v) is 5.23. The zero-order chi connectivity index (χ0) is 18.3. The maximum Gasteiger partial charge on any atom is 0.243 e. The number of nitrogens with zero attached hydrogens (tertiary/aromatic N) is 1. The van der Waals surface area contributed by atoms with Crippen LogP contribution in [0.4, 0.5) is 0 Å². The van der Waals surface area contributed by atoms with Crippen LogP contribution in [0.15, 0.2) is 12.1 Å². The molecule has 1 saturated heterocycles. The van der Waals surface area contributed by atoms with Crippen molar-refractivity contribution in [1.82, 2.24) is 15.2 Å². The molecule has 2 aromatic rings. The first-order chi connectivity index (χ1) is 11.8. The summed E-state index contributed by atoms with van der Waals surface area (Å²) in [5.41, 5.74) is 5.54. The monoisotopic (exact) mass is 341 g/mol. The Bertz CT molecular complexity index is 835. The van der Waals surface area contributed by atoms with Crippen molar-refractivity contribution in [2.24, 2.45) is 5.92 Å². The second-order valence-corrected chi connectivity index (χ2v) is 7.42. The fourth-order valence-electron chi connectivity index (χ4n) is 3.91. The van der Waals surface area contributed by atoms with Gasteiger partial charge in [0.1, 0.15) is 6.04 Å². The second kappa shape index (κ2) is 6.54. The number of amides is 2. The normalized spacial score (nSPS) is 18.1. The number of nitrogens with one attached hydrogen (secondary N) is 2. The minimum Gasteiger partial charge on any atom is -0.358 e. The van der Waals surface area contributed by atoms with Crippen LogP contribution in [0.25, 0.3) is 10.9 Å². The average molecular weight is 341 g/mol. The molecule has 0 bridgehead atoms. The van der Waals surface area contributed by atoms with E-state index in [9.17, 15) is 9.59 Å². The number of rotatable bonds is 3. The Morgan fingerprint density at radius 2 is 1.92 bits per heavy atom. The number of carbonyl (C=O) groups excluding carboxylic acids is 2. The van der Waals surface area contributed by atoms with Crippen molar-refractivity contribution in [2.75, 3.05) is 13.1 Å². The van der Waals surface area contributed by atoms with E-state index in [1.54, 1.807) is 4.90 Å². The molecule has 134 valence electrons. The van der Waals surface area contributed by atoms with Crippen molar-refractivity contribution in [3.05, 3.63) is 34.5 Å². The number of carbonyl (C=O) groups is 2. The highest BCUT2D eigenvalue weighted by atomic mass is 16.2. The molecule has 25 heavy (non-hydrogen) atoms. The summed E-state index contributed by atoms with van der Waals surface area (Å²) in [6.07, 6.45) is 0.326. The summed E-state index contributed by atoms with van der Waals surface area (Å²) in [6, 6.07) is 3.82. The van der Waals surface area contributed by atoms with Gasteiger partial charge in [-0.1, -0.05) is 26.0 Å². The lowest BCUT2D eigenvalue weighted by Gasteiger charge is -2.37. The zero-order valence-corrected chi connectivity index (χ0v) is 15.7. The van der Waals surface area contributed by atoms with Crippen LogP contribution in [0.2, 0.25) is 0 Å². The largest absolute Gasteiger partial charge is 0.358 e. The predicted molar refractivity (Wildman–Crippen MR) is 99.6 cm³/mol. The molecule has 0 saturated carbocycles. The first-order valence-corrected chi connectivity index (χ1v) is 8.95. The Hall–Kier alpha value is -2.30. The van der Waals surface area contributed by atoms with E-state index >= 15 is 0 Å². The number of benzene rings is 1. The minimum atomic E-state index is -0.380. The van der Waals surface area contributed by atoms with Crippen molar-refractivity contribution < 1.29 is 9.59 Å². The fourth-order valence-corrected chi connectivity index (χ4v) is 3.91. The summed E-state index contributed by atoms with van der Waals surface area (Å²) in [5, 5.41) is 4.02. The van der Waals surface area contributed by atoms with Crippen LogP contribution < -0.4 is 5.32 Å². The average Bonchev–Trinajstić information content (AvgIpc) is 2.88. The predicted octanol–water partition coefficient (Wildman–Crippen LogP) is 2.62. The SMILES string of the molecule is Cc1[nH]c2c(C)ccc(C)c2c1CC(=O)N1CCNC(=O)C1C(C)C. The van der Waals surface area contributed by atoms with Gasteiger partial charge in [0, 0.05) is 29.7 Å². The van der Waals surface area contributed by atoms with Gasteiger partial charge in [-0.2, -0.15) is 0 Å². The molecule has 3 rings (SSSR count). The van der Waals surface area contributed by atoms with Crippen LogP contribution in [0, 0.1) is 26.7 Å². The van der Waals surface area contributed by atoms with E-state index < -0.39 is 0 Å². The van der Waals surface area contributed by atoms with Crippen LogP contribution in [-0.2, 0) is 16.0 Å². The minimum absolute atomic E-state index is 0.0263. The highest BCUT2D eigenvalue weighted by Crippen LogP contribution is 2.29. The molecule has 1 aromatic heterocycles. The molecule has 2 N–H and O–H groups in total. The van der Waals surface area contributed by atoms with Gasteiger partial charge in [0.05, 0.1) is 6.42 Å². The van der Waals surface area contributed by atoms with Crippen LogP contribution >= 0.6 is 0 Å². The second-order valence-electron chi connectivity index (χ2n) is 7.42. The van der Waals surface area contributed by atoms with Gasteiger partial charge in [0.15, 0.2) is 0 Å². The number of aromatic amines is 1. The Balaban J connectivity index is 1.96. The standard InChI is InChI=1S/C20H27N3O2/c1-11(2)19-20(25)21-8-9-23(19)16(24)10-15-14(5)22-18-13(4)7-6-12(3)17(15)18/h6-7,11,19,22H,8-10H2,1-5H3,(H,21,25). The summed E-state index contributed by atoms with van der Waals surface area (Å²) in [5.74, 6) is 0.0769. The molecule has 5 nitrogen and oxygen atoms in total. The van der Waals surface area contributed by atoms with Gasteiger partial charge in [-0.3, -0.25) is 9.59 Å². The molecule has 1 aromatic carbocycles. The molecule has 0 radical (unpaired) electrons. The van der Waals surface area contributed by atoms with Crippen molar-refractivity contribution in [3.63, 3.8) is 0 Å². The molecule has 1 atom stereocenters. The van der Waals surface area contributed by atoms with Gasteiger partial charge in [-0.05, 0) is 43.4 Å². The first-order valence-electron chi connectivity index (χ1n) is 8.95. The zero-order valence-electron chi connectivity index (χ0n) is 15.7. The Morgan fingerprint density at radius 1 is 1.24 bits per heavy atom. The molecule has 1 unspecified atom stereocenters. The Kier molecular flexibility index (Phi) is 4.58. The number of hydrogen-bond donors (Lipinski definition) is 2. The van der Waals surface area contributed by atoms with Crippen molar-refractivity contribution in [2.45, 2.75) is 47.1 Å². The molecule has 1 aliphatic heterocycles. The Labute approximate surface area is 148 Å². The number of piperazine rings is 1. The van der Waals surface area contributed by atoms with Crippen LogP contribution in [-0.4, -0.2) is 40.8 Å². The summed E-state index contributed by atoms with van der Waals surface area (Å²) < 4.78 is 0. The lowest BCUT2D eigenvalue weighted by Crippen LogP contribution is -2.59. The number of fused-ring (bicyclic) bond motifs is 1. The van der Waals surface area contributed by atoms with Crippen molar-refractivity contribution in [3.8, 4) is 0 Å². The molecule has 2 amide bonds. The maximum absolute atomic E-state index is 13.1. The van der Waals surface area contributed by atoms with E-state index in [4.69, 9.17) is 0 Å². The first kappa shape index (κ1) is 17.5. The van der Waals surface area contributed by atoms with Crippen molar-refractivity contribution in [1.29, 1.82) is 0 Å². The summed E-state index contributed by atoms with van der Waals surface area (Å²) in [7, 11) is 0. The van der Waals surface area contributed by atoms with Gasteiger partial charge in [0.25, 0.3) is 0 Å². The molecule has 0 aliphatic carbocycles. The van der Waals surface area contributed by atoms with Gasteiger partial charge in [-0.15, -0.1) is 0 Å². The van der Waals surface area contributed by atoms with E-state index in [1.807, 2.05) is 20.8 Å². The third-order valence-electron chi connectivity index (χ3n) is 5.23. The smallest absolute Gasteiger partial charge is 0.243 e. The summed E-state index contributed by atoms with van der Waals surface area (Å²) >= 11 is 0. The van der Waals surface area contributed by atoms with Gasteiger partial charge < -0.3 is 15.2 Å². The lowest BCUT2D eigenvalue weighted by atomic mass is 9.97. The number of hydrogen-bond acceptors (Lipinski definition) is 2. The molecular weight excluding hydrogens is 314 g/mol. The number of aryl methyl sites for hydroxylation is 3. The summed E-state index contributed by atoms with van der Waals surface area (Å²) in [4.78, 5) is 30.5. The van der Waals surface area contributed by atoms with Gasteiger partial charge >= 0.3 is 0 Å². The van der Waals surface area contributed by atoms with E-state index in [-0.39, 0.29) is 23.8 Å². The third kappa shape index (κ3) is 3.03. The Morgan fingerprint density at radius 3 is 2.60 bits per heavy atom. The number of aromatic nitrogens is 1. The van der Waals surface area contributed by atoms with Gasteiger partial charge in [0.2, 0.25) is 11.8 Å². The van der Waals surface area contributed by atoms with Crippen LogP contribution in [0.1, 0.15) is 36.2 Å². The number of H-pyrrole nitrogens is 1. The molecule has 2 heterocycles. The van der Waals surface area contributed by atoms with Crippen LogP contribution in [0.5, 0.6) is 0 Å². The van der Waals surface area contributed by atoms with E-state index in [2.05, 4.69) is 36.3 Å². The van der Waals surface area contributed by atoms with E-state index in [1.165, 1.54) is 11.1 Å². The molecular formula is C20H27N3O2. The van der Waals surface area contributed by atoms with Gasteiger partial charge in [-0.25, -0.2) is 0 Å². The molecule has 1 aliphatic rings. The molecule has 0 spiro atoms.